The molecule has 2 aromatic rings. The Hall–Kier alpha value is -1.57. The van der Waals surface area contributed by atoms with Crippen molar-refractivity contribution < 1.29 is 0 Å². The van der Waals surface area contributed by atoms with Crippen LogP contribution >= 0.6 is 0 Å². The number of nitrogens with zero attached hydrogens (tertiary/aromatic N) is 2. The zero-order valence-corrected chi connectivity index (χ0v) is 10.5. The number of imidazole rings is 1. The molecule has 0 spiro atoms. The molecule has 3 rings (SSSR count). The quantitative estimate of drug-likeness (QED) is 0.730. The number of aromatic nitrogens is 2. The number of benzene rings is 1. The number of hydrogen-bond donors (Lipinski definition) is 0. The lowest BCUT2D eigenvalue weighted by molar-refractivity contribution is 0.456. The smallest absolute Gasteiger partial charge is 0.105 e. The molecule has 2 heterocycles. The minimum absolute atomic E-state index is 0.649. The van der Waals surface area contributed by atoms with Crippen LogP contribution in [0.3, 0.4) is 0 Å². The molecule has 0 saturated carbocycles. The minimum Gasteiger partial charge on any atom is -0.332 e. The van der Waals surface area contributed by atoms with Crippen LogP contribution in [-0.4, -0.2) is 9.55 Å². The SMILES string of the molecule is Cc1ccc(C2CCc3cnc(C)n3C2)cc1. The molecule has 1 aromatic heterocycles. The van der Waals surface area contributed by atoms with Gasteiger partial charge in [0, 0.05) is 24.4 Å². The molecule has 0 N–H and O–H groups in total. The van der Waals surface area contributed by atoms with Crippen molar-refractivity contribution in [3.8, 4) is 0 Å². The van der Waals surface area contributed by atoms with Crippen LogP contribution in [0.25, 0.3) is 0 Å². The average molecular weight is 226 g/mol. The van der Waals surface area contributed by atoms with Gasteiger partial charge in [0.1, 0.15) is 5.82 Å². The molecule has 1 atom stereocenters. The minimum atomic E-state index is 0.649. The number of aryl methyl sites for hydroxylation is 3. The van der Waals surface area contributed by atoms with E-state index in [4.69, 9.17) is 0 Å². The van der Waals surface area contributed by atoms with Crippen LogP contribution in [0.2, 0.25) is 0 Å². The Kier molecular flexibility index (Phi) is 2.50. The Bertz CT molecular complexity index is 522. The van der Waals surface area contributed by atoms with Crippen molar-refractivity contribution in [3.63, 3.8) is 0 Å². The second kappa shape index (κ2) is 4.02. The summed E-state index contributed by atoms with van der Waals surface area (Å²) in [5, 5.41) is 0. The van der Waals surface area contributed by atoms with E-state index in [9.17, 15) is 0 Å². The summed E-state index contributed by atoms with van der Waals surface area (Å²) in [5.41, 5.74) is 4.20. The highest BCUT2D eigenvalue weighted by Gasteiger charge is 2.21. The monoisotopic (exact) mass is 226 g/mol. The summed E-state index contributed by atoms with van der Waals surface area (Å²) in [4.78, 5) is 4.40. The van der Waals surface area contributed by atoms with Gasteiger partial charge >= 0.3 is 0 Å². The maximum absolute atomic E-state index is 4.40. The van der Waals surface area contributed by atoms with Crippen molar-refractivity contribution in [2.75, 3.05) is 0 Å². The van der Waals surface area contributed by atoms with Crippen LogP contribution in [0.5, 0.6) is 0 Å². The van der Waals surface area contributed by atoms with E-state index in [1.54, 1.807) is 0 Å². The maximum atomic E-state index is 4.40. The fourth-order valence-corrected chi connectivity index (χ4v) is 2.71. The van der Waals surface area contributed by atoms with Crippen molar-refractivity contribution in [2.45, 2.75) is 39.2 Å². The third-order valence-corrected chi connectivity index (χ3v) is 3.84. The van der Waals surface area contributed by atoms with Crippen LogP contribution in [0, 0.1) is 13.8 Å². The molecule has 2 nitrogen and oxygen atoms in total. The summed E-state index contributed by atoms with van der Waals surface area (Å²) in [6, 6.07) is 8.98. The zero-order valence-electron chi connectivity index (χ0n) is 10.5. The molecule has 1 aromatic carbocycles. The lowest BCUT2D eigenvalue weighted by Gasteiger charge is -2.25. The standard InChI is InChI=1S/C15H18N2/c1-11-3-5-13(6-4-11)14-7-8-15-9-16-12(2)17(15)10-14/h3-6,9,14H,7-8,10H2,1-2H3. The summed E-state index contributed by atoms with van der Waals surface area (Å²) < 4.78 is 2.37. The van der Waals surface area contributed by atoms with Crippen LogP contribution in [0.1, 0.15) is 35.0 Å². The van der Waals surface area contributed by atoms with Gasteiger partial charge in [0.15, 0.2) is 0 Å². The van der Waals surface area contributed by atoms with Crippen LogP contribution < -0.4 is 0 Å². The Morgan fingerprint density at radius 2 is 1.94 bits per heavy atom. The Balaban J connectivity index is 1.88. The molecule has 0 bridgehead atoms. The Morgan fingerprint density at radius 1 is 1.18 bits per heavy atom. The second-order valence-corrected chi connectivity index (χ2v) is 5.05. The average Bonchev–Trinajstić information content (AvgIpc) is 2.72. The molecule has 0 fully saturated rings. The van der Waals surface area contributed by atoms with Gasteiger partial charge in [0.05, 0.1) is 0 Å². The van der Waals surface area contributed by atoms with Crippen molar-refractivity contribution in [2.24, 2.45) is 0 Å². The highest BCUT2D eigenvalue weighted by atomic mass is 15.1. The second-order valence-electron chi connectivity index (χ2n) is 5.05. The summed E-state index contributed by atoms with van der Waals surface area (Å²) in [5.74, 6) is 1.80. The number of hydrogen-bond acceptors (Lipinski definition) is 1. The van der Waals surface area contributed by atoms with Gasteiger partial charge in [-0.05, 0) is 32.3 Å². The molecule has 1 aliphatic heterocycles. The van der Waals surface area contributed by atoms with Gasteiger partial charge in [-0.1, -0.05) is 29.8 Å². The van der Waals surface area contributed by atoms with Gasteiger partial charge in [-0.2, -0.15) is 0 Å². The molecule has 17 heavy (non-hydrogen) atoms. The topological polar surface area (TPSA) is 17.8 Å². The van der Waals surface area contributed by atoms with E-state index in [2.05, 4.69) is 47.7 Å². The van der Waals surface area contributed by atoms with Crippen molar-refractivity contribution in [3.05, 3.63) is 53.1 Å². The summed E-state index contributed by atoms with van der Waals surface area (Å²) >= 11 is 0. The van der Waals surface area contributed by atoms with Gasteiger partial charge in [-0.25, -0.2) is 4.98 Å². The molecule has 0 radical (unpaired) electrons. The molecular weight excluding hydrogens is 208 g/mol. The molecule has 88 valence electrons. The molecule has 0 amide bonds. The van der Waals surface area contributed by atoms with Crippen molar-refractivity contribution >= 4 is 0 Å². The summed E-state index contributed by atoms with van der Waals surface area (Å²) in [6.07, 6.45) is 4.42. The van der Waals surface area contributed by atoms with Gasteiger partial charge in [0.2, 0.25) is 0 Å². The Labute approximate surface area is 102 Å². The summed E-state index contributed by atoms with van der Waals surface area (Å²) in [6.45, 7) is 5.33. The molecule has 1 unspecified atom stereocenters. The molecule has 2 heteroatoms. The van der Waals surface area contributed by atoms with E-state index in [0.29, 0.717) is 5.92 Å². The number of rotatable bonds is 1. The van der Waals surface area contributed by atoms with E-state index < -0.39 is 0 Å². The molecule has 0 aliphatic carbocycles. The summed E-state index contributed by atoms with van der Waals surface area (Å²) in [7, 11) is 0. The lowest BCUT2D eigenvalue weighted by Crippen LogP contribution is -2.19. The fraction of sp³-hybridized carbons (Fsp3) is 0.400. The predicted molar refractivity (Wildman–Crippen MR) is 69.2 cm³/mol. The van der Waals surface area contributed by atoms with Crippen molar-refractivity contribution in [1.29, 1.82) is 0 Å². The Morgan fingerprint density at radius 3 is 2.71 bits per heavy atom. The third kappa shape index (κ3) is 1.88. The third-order valence-electron chi connectivity index (χ3n) is 3.84. The molecule has 0 saturated heterocycles. The van der Waals surface area contributed by atoms with Crippen LogP contribution in [0.15, 0.2) is 30.5 Å². The lowest BCUT2D eigenvalue weighted by atomic mass is 9.90. The highest BCUT2D eigenvalue weighted by Crippen LogP contribution is 2.29. The van der Waals surface area contributed by atoms with Gasteiger partial charge in [0.25, 0.3) is 0 Å². The van der Waals surface area contributed by atoms with E-state index in [-0.39, 0.29) is 0 Å². The predicted octanol–water partition coefficient (Wildman–Crippen LogP) is 3.23. The first kappa shape index (κ1) is 10.6. The number of fused-ring (bicyclic) bond motifs is 1. The first-order chi connectivity index (χ1) is 8.24. The van der Waals surface area contributed by atoms with Crippen LogP contribution in [0.4, 0.5) is 0 Å². The van der Waals surface area contributed by atoms with E-state index in [0.717, 1.165) is 18.8 Å². The van der Waals surface area contributed by atoms with Gasteiger partial charge in [-0.3, -0.25) is 0 Å². The normalized spacial score (nSPS) is 19.1. The molecular formula is C15H18N2. The van der Waals surface area contributed by atoms with E-state index >= 15 is 0 Å². The largest absolute Gasteiger partial charge is 0.332 e. The van der Waals surface area contributed by atoms with Gasteiger partial charge < -0.3 is 4.57 Å². The zero-order chi connectivity index (χ0) is 11.8. The maximum Gasteiger partial charge on any atom is 0.105 e. The fourth-order valence-electron chi connectivity index (χ4n) is 2.71. The first-order valence-electron chi connectivity index (χ1n) is 6.31. The van der Waals surface area contributed by atoms with Crippen molar-refractivity contribution in [1.82, 2.24) is 9.55 Å². The first-order valence-corrected chi connectivity index (χ1v) is 6.31. The van der Waals surface area contributed by atoms with Gasteiger partial charge in [-0.15, -0.1) is 0 Å². The molecule has 1 aliphatic rings. The van der Waals surface area contributed by atoms with E-state index in [1.807, 2.05) is 6.20 Å². The highest BCUT2D eigenvalue weighted by molar-refractivity contribution is 5.26. The van der Waals surface area contributed by atoms with Crippen LogP contribution in [-0.2, 0) is 13.0 Å². The van der Waals surface area contributed by atoms with E-state index in [1.165, 1.54) is 23.2 Å².